The Morgan fingerprint density at radius 2 is 2.29 bits per heavy atom. The summed E-state index contributed by atoms with van der Waals surface area (Å²) in [6, 6.07) is 1.87. The fourth-order valence-electron chi connectivity index (χ4n) is 2.00. The minimum atomic E-state index is 0.0104. The zero-order chi connectivity index (χ0) is 11.8. The summed E-state index contributed by atoms with van der Waals surface area (Å²) in [5.74, 6) is 2.02. The lowest BCUT2D eigenvalue weighted by molar-refractivity contribution is 0.279. The lowest BCUT2D eigenvalue weighted by atomic mass is 10.1. The van der Waals surface area contributed by atoms with E-state index in [9.17, 15) is 5.11 Å². The van der Waals surface area contributed by atoms with Crippen LogP contribution in [-0.4, -0.2) is 15.1 Å². The highest BCUT2D eigenvalue weighted by molar-refractivity contribution is 5.57. The topological polar surface area (TPSA) is 59.2 Å². The molecule has 1 fully saturated rings. The maximum Gasteiger partial charge on any atom is 0.162 e. The molecule has 2 heterocycles. The number of rotatable bonds is 3. The summed E-state index contributed by atoms with van der Waals surface area (Å²) in [4.78, 5) is 8.87. The van der Waals surface area contributed by atoms with Crippen LogP contribution in [0.1, 0.15) is 35.8 Å². The van der Waals surface area contributed by atoms with E-state index in [-0.39, 0.29) is 6.61 Å². The van der Waals surface area contributed by atoms with E-state index < -0.39 is 0 Å². The van der Waals surface area contributed by atoms with Crippen LogP contribution < -0.4 is 0 Å². The van der Waals surface area contributed by atoms with Crippen LogP contribution >= 0.6 is 0 Å². The Morgan fingerprint density at radius 3 is 2.88 bits per heavy atom. The third kappa shape index (κ3) is 1.85. The Labute approximate surface area is 99.3 Å². The normalized spacial score (nSPS) is 15.2. The molecule has 1 aliphatic rings. The largest absolute Gasteiger partial charge is 0.469 e. The first kappa shape index (κ1) is 10.5. The van der Waals surface area contributed by atoms with Crippen LogP contribution in [0.5, 0.6) is 0 Å². The number of aliphatic hydroxyl groups excluding tert-OH is 1. The Bertz CT molecular complexity index is 544. The first-order chi connectivity index (χ1) is 8.29. The van der Waals surface area contributed by atoms with Gasteiger partial charge in [0, 0.05) is 17.7 Å². The van der Waals surface area contributed by atoms with E-state index >= 15 is 0 Å². The number of furan rings is 1. The predicted molar refractivity (Wildman–Crippen MR) is 62.4 cm³/mol. The molecule has 1 aliphatic carbocycles. The molecular formula is C13H14N2O2. The molecule has 88 valence electrons. The van der Waals surface area contributed by atoms with Gasteiger partial charge in [-0.1, -0.05) is 0 Å². The second-order valence-electron chi connectivity index (χ2n) is 4.43. The van der Waals surface area contributed by atoms with Gasteiger partial charge in [-0.3, -0.25) is 0 Å². The van der Waals surface area contributed by atoms with Crippen molar-refractivity contribution in [2.75, 3.05) is 0 Å². The predicted octanol–water partition coefficient (Wildman–Crippen LogP) is 2.41. The van der Waals surface area contributed by atoms with Crippen LogP contribution in [0.2, 0.25) is 0 Å². The molecule has 0 atom stereocenters. The molecule has 0 aliphatic heterocycles. The lowest BCUT2D eigenvalue weighted by Crippen LogP contribution is -2.00. The average molecular weight is 230 g/mol. The number of aryl methyl sites for hydroxylation is 1. The number of aromatic nitrogens is 2. The zero-order valence-electron chi connectivity index (χ0n) is 9.68. The van der Waals surface area contributed by atoms with Crippen LogP contribution in [0.15, 0.2) is 22.9 Å². The van der Waals surface area contributed by atoms with E-state index in [2.05, 4.69) is 9.97 Å². The van der Waals surface area contributed by atoms with Gasteiger partial charge in [-0.25, -0.2) is 9.97 Å². The SMILES string of the molecule is Cc1occc1-c1ncc(CO)c(C2CC2)n1. The zero-order valence-corrected chi connectivity index (χ0v) is 9.68. The minimum Gasteiger partial charge on any atom is -0.469 e. The summed E-state index contributed by atoms with van der Waals surface area (Å²) in [6.07, 6.45) is 5.69. The highest BCUT2D eigenvalue weighted by Gasteiger charge is 2.28. The molecule has 2 aromatic heterocycles. The smallest absolute Gasteiger partial charge is 0.162 e. The molecule has 3 rings (SSSR count). The lowest BCUT2D eigenvalue weighted by Gasteiger charge is -2.06. The van der Waals surface area contributed by atoms with Gasteiger partial charge in [0.15, 0.2) is 5.82 Å². The van der Waals surface area contributed by atoms with Crippen molar-refractivity contribution in [3.8, 4) is 11.4 Å². The first-order valence-electron chi connectivity index (χ1n) is 5.80. The van der Waals surface area contributed by atoms with Gasteiger partial charge in [0.2, 0.25) is 0 Å². The summed E-state index contributed by atoms with van der Waals surface area (Å²) in [7, 11) is 0. The molecule has 0 bridgehead atoms. The molecule has 0 saturated heterocycles. The molecular weight excluding hydrogens is 216 g/mol. The minimum absolute atomic E-state index is 0.0104. The average Bonchev–Trinajstić information content (AvgIpc) is 3.11. The number of hydrogen-bond acceptors (Lipinski definition) is 4. The van der Waals surface area contributed by atoms with Crippen LogP contribution in [0.4, 0.5) is 0 Å². The van der Waals surface area contributed by atoms with Crippen molar-refractivity contribution in [3.63, 3.8) is 0 Å². The highest BCUT2D eigenvalue weighted by Crippen LogP contribution is 2.41. The molecule has 17 heavy (non-hydrogen) atoms. The summed E-state index contributed by atoms with van der Waals surface area (Å²) in [5.41, 5.74) is 2.77. The Balaban J connectivity index is 2.07. The third-order valence-corrected chi connectivity index (χ3v) is 3.13. The highest BCUT2D eigenvalue weighted by atomic mass is 16.3. The van der Waals surface area contributed by atoms with Gasteiger partial charge in [0.05, 0.1) is 24.1 Å². The van der Waals surface area contributed by atoms with E-state index in [0.29, 0.717) is 11.7 Å². The van der Waals surface area contributed by atoms with Gasteiger partial charge < -0.3 is 9.52 Å². The number of hydrogen-bond donors (Lipinski definition) is 1. The van der Waals surface area contributed by atoms with Gasteiger partial charge in [-0.2, -0.15) is 0 Å². The van der Waals surface area contributed by atoms with Gasteiger partial charge in [-0.15, -0.1) is 0 Å². The monoisotopic (exact) mass is 230 g/mol. The fourth-order valence-corrected chi connectivity index (χ4v) is 2.00. The Morgan fingerprint density at radius 1 is 1.47 bits per heavy atom. The fraction of sp³-hybridized carbons (Fsp3) is 0.385. The van der Waals surface area contributed by atoms with Crippen molar-refractivity contribution in [1.29, 1.82) is 0 Å². The molecule has 0 unspecified atom stereocenters. The standard InChI is InChI=1S/C13H14N2O2/c1-8-11(4-5-17-8)13-14-6-10(7-16)12(15-13)9-2-3-9/h4-6,9,16H,2-3,7H2,1H3. The number of nitrogens with zero attached hydrogens (tertiary/aromatic N) is 2. The van der Waals surface area contributed by atoms with Crippen molar-refractivity contribution in [2.24, 2.45) is 0 Å². The van der Waals surface area contributed by atoms with Gasteiger partial charge in [0.25, 0.3) is 0 Å². The van der Waals surface area contributed by atoms with Gasteiger partial charge in [0.1, 0.15) is 5.76 Å². The van der Waals surface area contributed by atoms with E-state index in [4.69, 9.17) is 4.42 Å². The second kappa shape index (κ2) is 3.96. The van der Waals surface area contributed by atoms with E-state index in [1.807, 2.05) is 13.0 Å². The molecule has 1 saturated carbocycles. The molecule has 0 aromatic carbocycles. The summed E-state index contributed by atoms with van der Waals surface area (Å²) < 4.78 is 5.26. The van der Waals surface area contributed by atoms with Crippen LogP contribution in [0.25, 0.3) is 11.4 Å². The molecule has 2 aromatic rings. The van der Waals surface area contributed by atoms with Crippen molar-refractivity contribution < 1.29 is 9.52 Å². The molecule has 0 amide bonds. The molecule has 4 heteroatoms. The molecule has 1 N–H and O–H groups in total. The summed E-state index contributed by atoms with van der Waals surface area (Å²) in [6.45, 7) is 1.91. The van der Waals surface area contributed by atoms with Crippen molar-refractivity contribution in [1.82, 2.24) is 9.97 Å². The van der Waals surface area contributed by atoms with Crippen molar-refractivity contribution in [3.05, 3.63) is 35.5 Å². The first-order valence-corrected chi connectivity index (χ1v) is 5.80. The van der Waals surface area contributed by atoms with Gasteiger partial charge in [-0.05, 0) is 25.8 Å². The quantitative estimate of drug-likeness (QED) is 0.879. The number of aliphatic hydroxyl groups is 1. The van der Waals surface area contributed by atoms with E-state index in [0.717, 1.165) is 35.4 Å². The third-order valence-electron chi connectivity index (χ3n) is 3.13. The second-order valence-corrected chi connectivity index (χ2v) is 4.43. The molecule has 0 radical (unpaired) electrons. The summed E-state index contributed by atoms with van der Waals surface area (Å²) >= 11 is 0. The van der Waals surface area contributed by atoms with Crippen LogP contribution in [0.3, 0.4) is 0 Å². The van der Waals surface area contributed by atoms with Crippen LogP contribution in [0, 0.1) is 6.92 Å². The van der Waals surface area contributed by atoms with Crippen molar-refractivity contribution in [2.45, 2.75) is 32.3 Å². The van der Waals surface area contributed by atoms with Crippen LogP contribution in [-0.2, 0) is 6.61 Å². The molecule has 0 spiro atoms. The maximum absolute atomic E-state index is 9.27. The van der Waals surface area contributed by atoms with E-state index in [1.165, 1.54) is 0 Å². The van der Waals surface area contributed by atoms with Gasteiger partial charge >= 0.3 is 0 Å². The molecule has 4 nitrogen and oxygen atoms in total. The Hall–Kier alpha value is -1.68. The van der Waals surface area contributed by atoms with E-state index in [1.54, 1.807) is 12.5 Å². The summed E-state index contributed by atoms with van der Waals surface area (Å²) in [5, 5.41) is 9.27. The van der Waals surface area contributed by atoms with Crippen molar-refractivity contribution >= 4 is 0 Å². The Kier molecular flexibility index (Phi) is 2.44. The maximum atomic E-state index is 9.27.